The SMILES string of the molecule is Cc1ccc(NCC(C)(CO)CO)cc1Cl. The summed E-state index contributed by atoms with van der Waals surface area (Å²) < 4.78 is 0. The molecular weight excluding hydrogens is 226 g/mol. The Hall–Kier alpha value is -0.770. The van der Waals surface area contributed by atoms with Crippen LogP contribution in [0, 0.1) is 12.3 Å². The van der Waals surface area contributed by atoms with Crippen LogP contribution in [0.5, 0.6) is 0 Å². The predicted octanol–water partition coefficient (Wildman–Crippen LogP) is 2.05. The van der Waals surface area contributed by atoms with Gasteiger partial charge in [-0.15, -0.1) is 0 Å². The van der Waals surface area contributed by atoms with Crippen LogP contribution in [0.15, 0.2) is 18.2 Å². The van der Waals surface area contributed by atoms with Gasteiger partial charge in [0.2, 0.25) is 0 Å². The maximum absolute atomic E-state index is 9.14. The number of anilines is 1. The van der Waals surface area contributed by atoms with E-state index >= 15 is 0 Å². The van der Waals surface area contributed by atoms with Gasteiger partial charge in [0.1, 0.15) is 0 Å². The molecule has 0 aliphatic heterocycles. The molecule has 3 N–H and O–H groups in total. The van der Waals surface area contributed by atoms with E-state index in [4.69, 9.17) is 21.8 Å². The molecule has 1 aromatic rings. The number of rotatable bonds is 5. The van der Waals surface area contributed by atoms with Crippen molar-refractivity contribution in [3.63, 3.8) is 0 Å². The van der Waals surface area contributed by atoms with E-state index in [-0.39, 0.29) is 13.2 Å². The fourth-order valence-corrected chi connectivity index (χ4v) is 1.36. The van der Waals surface area contributed by atoms with Gasteiger partial charge in [0, 0.05) is 22.7 Å². The number of nitrogens with one attached hydrogen (secondary N) is 1. The average Bonchev–Trinajstić information content (AvgIpc) is 2.30. The molecule has 0 atom stereocenters. The fourth-order valence-electron chi connectivity index (χ4n) is 1.18. The minimum Gasteiger partial charge on any atom is -0.396 e. The molecule has 0 aliphatic carbocycles. The maximum atomic E-state index is 9.14. The molecule has 0 bridgehead atoms. The number of benzene rings is 1. The summed E-state index contributed by atoms with van der Waals surface area (Å²) in [6.45, 7) is 4.14. The third-order valence-electron chi connectivity index (χ3n) is 2.65. The van der Waals surface area contributed by atoms with Crippen molar-refractivity contribution in [2.75, 3.05) is 25.1 Å². The Bertz CT molecular complexity index is 351. The highest BCUT2D eigenvalue weighted by Crippen LogP contribution is 2.21. The highest BCUT2D eigenvalue weighted by molar-refractivity contribution is 6.31. The van der Waals surface area contributed by atoms with E-state index in [0.717, 1.165) is 11.3 Å². The average molecular weight is 244 g/mol. The number of aryl methyl sites for hydroxylation is 1. The smallest absolute Gasteiger partial charge is 0.0523 e. The van der Waals surface area contributed by atoms with Crippen molar-refractivity contribution >= 4 is 17.3 Å². The Morgan fingerprint density at radius 3 is 2.44 bits per heavy atom. The monoisotopic (exact) mass is 243 g/mol. The molecule has 0 saturated carbocycles. The molecule has 0 amide bonds. The Morgan fingerprint density at radius 2 is 1.94 bits per heavy atom. The number of halogens is 1. The molecule has 0 aromatic heterocycles. The van der Waals surface area contributed by atoms with Crippen molar-refractivity contribution in [1.82, 2.24) is 0 Å². The molecule has 16 heavy (non-hydrogen) atoms. The summed E-state index contributed by atoms with van der Waals surface area (Å²) >= 11 is 5.99. The van der Waals surface area contributed by atoms with E-state index in [1.54, 1.807) is 0 Å². The first kappa shape index (κ1) is 13.3. The van der Waals surface area contributed by atoms with Crippen LogP contribution in [0.2, 0.25) is 5.02 Å². The zero-order valence-electron chi connectivity index (χ0n) is 9.63. The van der Waals surface area contributed by atoms with Crippen molar-refractivity contribution in [2.45, 2.75) is 13.8 Å². The zero-order chi connectivity index (χ0) is 12.2. The third-order valence-corrected chi connectivity index (χ3v) is 3.06. The summed E-state index contributed by atoms with van der Waals surface area (Å²) in [5.41, 5.74) is 1.40. The molecule has 0 radical (unpaired) electrons. The minimum atomic E-state index is -0.517. The lowest BCUT2D eigenvalue weighted by molar-refractivity contribution is 0.0806. The summed E-state index contributed by atoms with van der Waals surface area (Å²) in [5.74, 6) is 0. The number of hydrogen-bond donors (Lipinski definition) is 3. The van der Waals surface area contributed by atoms with Gasteiger partial charge in [-0.25, -0.2) is 0 Å². The summed E-state index contributed by atoms with van der Waals surface area (Å²) in [4.78, 5) is 0. The van der Waals surface area contributed by atoms with Gasteiger partial charge in [0.15, 0.2) is 0 Å². The Balaban J connectivity index is 2.64. The Kier molecular flexibility index (Phi) is 4.59. The molecule has 4 heteroatoms. The molecule has 0 unspecified atom stereocenters. The lowest BCUT2D eigenvalue weighted by Gasteiger charge is -2.25. The van der Waals surface area contributed by atoms with Gasteiger partial charge in [-0.05, 0) is 24.6 Å². The highest BCUT2D eigenvalue weighted by atomic mass is 35.5. The van der Waals surface area contributed by atoms with Gasteiger partial charge in [0.05, 0.1) is 13.2 Å². The number of aliphatic hydroxyl groups excluding tert-OH is 2. The minimum absolute atomic E-state index is 0.0594. The summed E-state index contributed by atoms with van der Waals surface area (Å²) in [6, 6.07) is 5.70. The van der Waals surface area contributed by atoms with Gasteiger partial charge in [-0.1, -0.05) is 24.6 Å². The Labute approximate surface area is 101 Å². The van der Waals surface area contributed by atoms with Gasteiger partial charge in [-0.2, -0.15) is 0 Å². The lowest BCUT2D eigenvalue weighted by Crippen LogP contribution is -2.34. The van der Waals surface area contributed by atoms with Crippen LogP contribution in [0.4, 0.5) is 5.69 Å². The van der Waals surface area contributed by atoms with E-state index in [1.165, 1.54) is 0 Å². The summed E-state index contributed by atoms with van der Waals surface area (Å²) in [5, 5.41) is 22.1. The molecular formula is C12H18ClNO2. The maximum Gasteiger partial charge on any atom is 0.0523 e. The second-order valence-electron chi connectivity index (χ2n) is 4.44. The molecule has 0 heterocycles. The van der Waals surface area contributed by atoms with Crippen molar-refractivity contribution in [2.24, 2.45) is 5.41 Å². The summed E-state index contributed by atoms with van der Waals surface area (Å²) in [7, 11) is 0. The normalized spacial score (nSPS) is 11.6. The van der Waals surface area contributed by atoms with Crippen LogP contribution < -0.4 is 5.32 Å². The summed E-state index contributed by atoms with van der Waals surface area (Å²) in [6.07, 6.45) is 0. The predicted molar refractivity (Wildman–Crippen MR) is 67.0 cm³/mol. The van der Waals surface area contributed by atoms with Crippen LogP contribution in [-0.4, -0.2) is 30.0 Å². The van der Waals surface area contributed by atoms with Crippen LogP contribution in [-0.2, 0) is 0 Å². The molecule has 0 saturated heterocycles. The van der Waals surface area contributed by atoms with Crippen molar-refractivity contribution in [1.29, 1.82) is 0 Å². The lowest BCUT2D eigenvalue weighted by atomic mass is 9.93. The molecule has 0 aliphatic rings. The first-order valence-electron chi connectivity index (χ1n) is 5.22. The standard InChI is InChI=1S/C12H18ClNO2/c1-9-3-4-10(5-11(9)13)14-6-12(2,7-15)8-16/h3-5,14-16H,6-8H2,1-2H3. The molecule has 3 nitrogen and oxygen atoms in total. The molecule has 1 rings (SSSR count). The second-order valence-corrected chi connectivity index (χ2v) is 4.85. The van der Waals surface area contributed by atoms with Gasteiger partial charge >= 0.3 is 0 Å². The molecule has 90 valence electrons. The Morgan fingerprint density at radius 1 is 1.31 bits per heavy atom. The van der Waals surface area contributed by atoms with Gasteiger partial charge < -0.3 is 15.5 Å². The van der Waals surface area contributed by atoms with E-state index in [2.05, 4.69) is 5.32 Å². The van der Waals surface area contributed by atoms with Crippen LogP contribution in [0.1, 0.15) is 12.5 Å². The van der Waals surface area contributed by atoms with E-state index in [9.17, 15) is 0 Å². The van der Waals surface area contributed by atoms with E-state index in [1.807, 2.05) is 32.0 Å². The molecule has 0 fully saturated rings. The molecule has 1 aromatic carbocycles. The zero-order valence-corrected chi connectivity index (χ0v) is 10.4. The highest BCUT2D eigenvalue weighted by Gasteiger charge is 2.21. The quantitative estimate of drug-likeness (QED) is 0.742. The van der Waals surface area contributed by atoms with Crippen LogP contribution in [0.25, 0.3) is 0 Å². The number of aliphatic hydroxyl groups is 2. The fraction of sp³-hybridized carbons (Fsp3) is 0.500. The topological polar surface area (TPSA) is 52.5 Å². The largest absolute Gasteiger partial charge is 0.396 e. The number of hydrogen-bond acceptors (Lipinski definition) is 3. The third kappa shape index (κ3) is 3.37. The second kappa shape index (κ2) is 5.53. The van der Waals surface area contributed by atoms with Gasteiger partial charge in [0.25, 0.3) is 0 Å². The van der Waals surface area contributed by atoms with Gasteiger partial charge in [-0.3, -0.25) is 0 Å². The van der Waals surface area contributed by atoms with Crippen LogP contribution >= 0.6 is 11.6 Å². The first-order chi connectivity index (χ1) is 7.50. The van der Waals surface area contributed by atoms with Crippen molar-refractivity contribution < 1.29 is 10.2 Å². The molecule has 0 spiro atoms. The first-order valence-corrected chi connectivity index (χ1v) is 5.60. The van der Waals surface area contributed by atoms with E-state index in [0.29, 0.717) is 11.6 Å². The van der Waals surface area contributed by atoms with E-state index < -0.39 is 5.41 Å². The van der Waals surface area contributed by atoms with Crippen molar-refractivity contribution in [3.05, 3.63) is 28.8 Å². The van der Waals surface area contributed by atoms with Crippen molar-refractivity contribution in [3.8, 4) is 0 Å². The van der Waals surface area contributed by atoms with Crippen LogP contribution in [0.3, 0.4) is 0 Å².